The lowest BCUT2D eigenvalue weighted by Crippen LogP contribution is -2.33. The van der Waals surface area contributed by atoms with Gasteiger partial charge in [0, 0.05) is 17.3 Å². The molecule has 2 heterocycles. The van der Waals surface area contributed by atoms with Crippen LogP contribution in [0.1, 0.15) is 38.1 Å². The van der Waals surface area contributed by atoms with E-state index in [0.717, 1.165) is 0 Å². The summed E-state index contributed by atoms with van der Waals surface area (Å²) in [5.74, 6) is -1.54. The number of aromatic nitrogens is 1. The largest absolute Gasteiger partial charge is 0.503 e. The van der Waals surface area contributed by atoms with Crippen LogP contribution in [0.15, 0.2) is 60.0 Å². The van der Waals surface area contributed by atoms with Gasteiger partial charge < -0.3 is 5.11 Å². The topological polar surface area (TPSA) is 94.3 Å². The van der Waals surface area contributed by atoms with Gasteiger partial charge in [-0.15, -0.1) is 0 Å². The maximum Gasteiger partial charge on any atom is 0.294 e. The molecule has 1 atom stereocenters. The van der Waals surface area contributed by atoms with E-state index in [4.69, 9.17) is 5.26 Å². The van der Waals surface area contributed by atoms with Crippen molar-refractivity contribution in [3.63, 3.8) is 0 Å². The highest BCUT2D eigenvalue weighted by Gasteiger charge is 2.47. The number of rotatable bonds is 3. The number of aliphatic hydroxyl groups excluding tert-OH is 1. The molecular weight excluding hydrogens is 342 g/mol. The van der Waals surface area contributed by atoms with Crippen LogP contribution in [0, 0.1) is 16.7 Å². The molecule has 1 amide bonds. The van der Waals surface area contributed by atoms with Gasteiger partial charge in [-0.2, -0.15) is 5.26 Å². The van der Waals surface area contributed by atoms with E-state index in [2.05, 4.69) is 4.98 Å². The lowest BCUT2D eigenvalue weighted by atomic mass is 9.83. The van der Waals surface area contributed by atoms with Crippen molar-refractivity contribution in [3.8, 4) is 6.07 Å². The lowest BCUT2D eigenvalue weighted by molar-refractivity contribution is -0.123. The quantitative estimate of drug-likeness (QED) is 0.903. The van der Waals surface area contributed by atoms with Crippen molar-refractivity contribution in [2.24, 2.45) is 5.41 Å². The number of hydrogen-bond donors (Lipinski definition) is 1. The van der Waals surface area contributed by atoms with Crippen LogP contribution in [0.5, 0.6) is 0 Å². The number of carbonyl (C=O) groups excluding carboxylic acids is 2. The van der Waals surface area contributed by atoms with Crippen molar-refractivity contribution in [3.05, 3.63) is 71.3 Å². The number of benzene rings is 1. The molecule has 1 unspecified atom stereocenters. The molecule has 1 aliphatic rings. The molecule has 1 aromatic heterocycles. The standard InChI is InChI=1S/C21H19N3O3/c1-21(2,3)19(26)16-17(15-6-4-5-11-23-15)24(20(27)18(16)25)14-9-7-13(12-22)8-10-14/h4-11,17,25H,1-3H3. The predicted molar refractivity (Wildman–Crippen MR) is 99.7 cm³/mol. The van der Waals surface area contributed by atoms with Gasteiger partial charge in [-0.25, -0.2) is 0 Å². The molecule has 6 nitrogen and oxygen atoms in total. The fourth-order valence-corrected chi connectivity index (χ4v) is 3.02. The minimum Gasteiger partial charge on any atom is -0.503 e. The summed E-state index contributed by atoms with van der Waals surface area (Å²) in [7, 11) is 0. The Kier molecular flexibility index (Phi) is 4.54. The summed E-state index contributed by atoms with van der Waals surface area (Å²) in [6, 6.07) is 12.8. The first-order valence-electron chi connectivity index (χ1n) is 8.48. The fraction of sp³-hybridized carbons (Fsp3) is 0.238. The molecule has 1 aliphatic heterocycles. The number of nitrogens with zero attached hydrogens (tertiary/aromatic N) is 3. The summed E-state index contributed by atoms with van der Waals surface area (Å²) in [5.41, 5.74) is 0.653. The molecule has 3 rings (SSSR count). The van der Waals surface area contributed by atoms with Crippen LogP contribution in [-0.4, -0.2) is 21.8 Å². The molecule has 0 spiro atoms. The van der Waals surface area contributed by atoms with Crippen LogP contribution in [0.3, 0.4) is 0 Å². The molecule has 0 aliphatic carbocycles. The van der Waals surface area contributed by atoms with E-state index in [9.17, 15) is 14.7 Å². The number of anilines is 1. The van der Waals surface area contributed by atoms with Crippen LogP contribution in [-0.2, 0) is 9.59 Å². The molecule has 0 saturated heterocycles. The van der Waals surface area contributed by atoms with Crippen LogP contribution in [0.2, 0.25) is 0 Å². The summed E-state index contributed by atoms with van der Waals surface area (Å²) < 4.78 is 0. The SMILES string of the molecule is CC(C)(C)C(=O)C1=C(O)C(=O)N(c2ccc(C#N)cc2)C1c1ccccn1. The Morgan fingerprint density at radius 3 is 2.37 bits per heavy atom. The van der Waals surface area contributed by atoms with Gasteiger partial charge in [0.2, 0.25) is 0 Å². The van der Waals surface area contributed by atoms with E-state index >= 15 is 0 Å². The van der Waals surface area contributed by atoms with Crippen LogP contribution in [0.4, 0.5) is 5.69 Å². The highest BCUT2D eigenvalue weighted by molar-refractivity contribution is 6.17. The van der Waals surface area contributed by atoms with Crippen molar-refractivity contribution >= 4 is 17.4 Å². The van der Waals surface area contributed by atoms with E-state index < -0.39 is 23.1 Å². The Morgan fingerprint density at radius 2 is 1.85 bits per heavy atom. The van der Waals surface area contributed by atoms with Crippen LogP contribution < -0.4 is 4.90 Å². The first-order valence-corrected chi connectivity index (χ1v) is 8.48. The van der Waals surface area contributed by atoms with Gasteiger partial charge in [0.25, 0.3) is 5.91 Å². The lowest BCUT2D eigenvalue weighted by Gasteiger charge is -2.28. The number of ketones is 1. The number of nitriles is 1. The van der Waals surface area contributed by atoms with Gasteiger partial charge in [-0.3, -0.25) is 19.5 Å². The Balaban J connectivity index is 2.18. The van der Waals surface area contributed by atoms with E-state index in [1.165, 1.54) is 4.90 Å². The number of Topliss-reactive ketones (excluding diaryl/α,β-unsaturated/α-hetero) is 1. The first kappa shape index (κ1) is 18.3. The molecule has 6 heteroatoms. The van der Waals surface area contributed by atoms with Gasteiger partial charge >= 0.3 is 0 Å². The van der Waals surface area contributed by atoms with E-state index in [1.54, 1.807) is 69.4 Å². The molecule has 1 N–H and O–H groups in total. The number of amides is 1. The zero-order chi connectivity index (χ0) is 19.8. The average Bonchev–Trinajstić information content (AvgIpc) is 2.92. The summed E-state index contributed by atoms with van der Waals surface area (Å²) in [4.78, 5) is 31.5. The second kappa shape index (κ2) is 6.69. The van der Waals surface area contributed by atoms with E-state index in [1.807, 2.05) is 6.07 Å². The molecule has 0 fully saturated rings. The third-order valence-corrected chi connectivity index (χ3v) is 4.38. The zero-order valence-corrected chi connectivity index (χ0v) is 15.3. The average molecular weight is 361 g/mol. The minimum absolute atomic E-state index is 0.0376. The highest BCUT2D eigenvalue weighted by atomic mass is 16.3. The summed E-state index contributed by atoms with van der Waals surface area (Å²) >= 11 is 0. The Hall–Kier alpha value is -3.46. The third-order valence-electron chi connectivity index (χ3n) is 4.38. The Bertz CT molecular complexity index is 964. The number of pyridine rings is 1. The Morgan fingerprint density at radius 1 is 1.19 bits per heavy atom. The highest BCUT2D eigenvalue weighted by Crippen LogP contribution is 2.42. The van der Waals surface area contributed by atoms with E-state index in [-0.39, 0.29) is 11.4 Å². The summed E-state index contributed by atoms with van der Waals surface area (Å²) in [6.07, 6.45) is 1.57. The van der Waals surface area contributed by atoms with Crippen molar-refractivity contribution in [1.29, 1.82) is 5.26 Å². The number of hydrogen-bond acceptors (Lipinski definition) is 5. The third kappa shape index (κ3) is 3.20. The minimum atomic E-state index is -0.835. The summed E-state index contributed by atoms with van der Waals surface area (Å²) in [5, 5.41) is 19.5. The monoisotopic (exact) mass is 361 g/mol. The van der Waals surface area contributed by atoms with Crippen LogP contribution >= 0.6 is 0 Å². The van der Waals surface area contributed by atoms with Crippen LogP contribution in [0.25, 0.3) is 0 Å². The first-order chi connectivity index (χ1) is 12.8. The van der Waals surface area contributed by atoms with Gasteiger partial charge in [0.05, 0.1) is 22.9 Å². The number of carbonyl (C=O) groups is 2. The molecule has 2 aromatic rings. The summed E-state index contributed by atoms with van der Waals surface area (Å²) in [6.45, 7) is 5.21. The van der Waals surface area contributed by atoms with Gasteiger partial charge in [-0.1, -0.05) is 26.8 Å². The molecule has 1 aromatic carbocycles. The fourth-order valence-electron chi connectivity index (χ4n) is 3.02. The van der Waals surface area contributed by atoms with Crippen molar-refractivity contribution in [1.82, 2.24) is 4.98 Å². The molecule has 0 saturated carbocycles. The molecule has 0 radical (unpaired) electrons. The van der Waals surface area contributed by atoms with Gasteiger partial charge in [0.1, 0.15) is 6.04 Å². The smallest absolute Gasteiger partial charge is 0.294 e. The second-order valence-corrected chi connectivity index (χ2v) is 7.33. The maximum atomic E-state index is 13.0. The molecular formula is C21H19N3O3. The molecule has 136 valence electrons. The van der Waals surface area contributed by atoms with E-state index in [0.29, 0.717) is 16.9 Å². The van der Waals surface area contributed by atoms with Crippen molar-refractivity contribution in [2.45, 2.75) is 26.8 Å². The number of aliphatic hydroxyl groups is 1. The van der Waals surface area contributed by atoms with Crippen molar-refractivity contribution < 1.29 is 14.7 Å². The predicted octanol–water partition coefficient (Wildman–Crippen LogP) is 3.47. The maximum absolute atomic E-state index is 13.0. The van der Waals surface area contributed by atoms with Gasteiger partial charge in [-0.05, 0) is 36.4 Å². The normalized spacial score (nSPS) is 17.2. The molecule has 0 bridgehead atoms. The van der Waals surface area contributed by atoms with Crippen molar-refractivity contribution in [2.75, 3.05) is 4.90 Å². The zero-order valence-electron chi connectivity index (χ0n) is 15.3. The second-order valence-electron chi connectivity index (χ2n) is 7.33. The molecule has 27 heavy (non-hydrogen) atoms. The van der Waals surface area contributed by atoms with Gasteiger partial charge in [0.15, 0.2) is 11.5 Å². The Labute approximate surface area is 157 Å².